The molecule has 0 saturated carbocycles. The standard InChI is InChI=1S/C23H38O3Se/c1-2-3-4-5-6-7-8-9-13-18-22(21(24)17-14-19-23(25)26)27-20-15-11-10-12-16-20/h10-12,15-16,21-22,24H,2-9,13-14,17-19H2,1H3,(H,25,26). The van der Waals surface area contributed by atoms with Gasteiger partial charge in [-0.2, -0.15) is 0 Å². The summed E-state index contributed by atoms with van der Waals surface area (Å²) >= 11 is 0.240. The molecule has 4 heteroatoms. The number of hydrogen-bond donors (Lipinski definition) is 2. The maximum absolute atomic E-state index is 10.7. The molecular formula is C23H38O3Se. The number of carbonyl (C=O) groups is 1. The van der Waals surface area contributed by atoms with Crippen molar-refractivity contribution in [2.75, 3.05) is 0 Å². The molecule has 0 bridgehead atoms. The average molecular weight is 442 g/mol. The van der Waals surface area contributed by atoms with Crippen LogP contribution in [0, 0.1) is 0 Å². The summed E-state index contributed by atoms with van der Waals surface area (Å²) in [5.74, 6) is -0.772. The summed E-state index contributed by atoms with van der Waals surface area (Å²) in [5.41, 5.74) is 0. The Morgan fingerprint density at radius 2 is 1.48 bits per heavy atom. The number of carboxylic acid groups (broad SMARTS) is 1. The first-order valence-electron chi connectivity index (χ1n) is 10.7. The molecule has 1 rings (SSSR count). The Morgan fingerprint density at radius 1 is 0.889 bits per heavy atom. The second-order valence-corrected chi connectivity index (χ2v) is 10.2. The van der Waals surface area contributed by atoms with Gasteiger partial charge < -0.3 is 0 Å². The van der Waals surface area contributed by atoms with E-state index in [0.29, 0.717) is 17.7 Å². The van der Waals surface area contributed by atoms with Gasteiger partial charge in [-0.3, -0.25) is 0 Å². The average Bonchev–Trinajstić information content (AvgIpc) is 2.66. The van der Waals surface area contributed by atoms with E-state index in [1.54, 1.807) is 0 Å². The zero-order valence-electron chi connectivity index (χ0n) is 16.9. The van der Waals surface area contributed by atoms with E-state index < -0.39 is 5.97 Å². The fourth-order valence-electron chi connectivity index (χ4n) is 3.31. The molecule has 0 aromatic heterocycles. The van der Waals surface area contributed by atoms with Gasteiger partial charge in [0.1, 0.15) is 0 Å². The number of aliphatic hydroxyl groups excluding tert-OH is 1. The van der Waals surface area contributed by atoms with E-state index >= 15 is 0 Å². The fraction of sp³-hybridized carbons (Fsp3) is 0.696. The molecule has 2 N–H and O–H groups in total. The number of carboxylic acids is 1. The van der Waals surface area contributed by atoms with Crippen molar-refractivity contribution in [1.29, 1.82) is 0 Å². The number of rotatable bonds is 17. The summed E-state index contributed by atoms with van der Waals surface area (Å²) in [6.45, 7) is 2.25. The van der Waals surface area contributed by atoms with Crippen LogP contribution in [0.1, 0.15) is 90.4 Å². The van der Waals surface area contributed by atoms with Gasteiger partial charge >= 0.3 is 172 Å². The molecule has 0 amide bonds. The maximum atomic E-state index is 10.7. The number of hydrogen-bond acceptors (Lipinski definition) is 2. The van der Waals surface area contributed by atoms with Gasteiger partial charge in [0.25, 0.3) is 0 Å². The monoisotopic (exact) mass is 442 g/mol. The second kappa shape index (κ2) is 16.2. The van der Waals surface area contributed by atoms with Crippen LogP contribution in [0.3, 0.4) is 0 Å². The Balaban J connectivity index is 2.31. The third-order valence-corrected chi connectivity index (χ3v) is 7.87. The minimum atomic E-state index is -0.772. The molecule has 1 aromatic rings. The van der Waals surface area contributed by atoms with Crippen molar-refractivity contribution in [2.45, 2.75) is 101 Å². The Bertz CT molecular complexity index is 478. The third-order valence-electron chi connectivity index (χ3n) is 4.94. The first-order valence-corrected chi connectivity index (χ1v) is 12.6. The van der Waals surface area contributed by atoms with Crippen LogP contribution < -0.4 is 4.46 Å². The summed E-state index contributed by atoms with van der Waals surface area (Å²) in [7, 11) is 0. The summed E-state index contributed by atoms with van der Waals surface area (Å²) in [4.78, 5) is 11.0. The van der Waals surface area contributed by atoms with Crippen LogP contribution in [-0.2, 0) is 4.79 Å². The third kappa shape index (κ3) is 13.1. The van der Waals surface area contributed by atoms with Gasteiger partial charge in [0.05, 0.1) is 0 Å². The Morgan fingerprint density at radius 3 is 2.07 bits per heavy atom. The van der Waals surface area contributed by atoms with Crippen molar-refractivity contribution in [1.82, 2.24) is 0 Å². The Hall–Kier alpha value is -0.831. The van der Waals surface area contributed by atoms with Gasteiger partial charge in [0.15, 0.2) is 0 Å². The summed E-state index contributed by atoms with van der Waals surface area (Å²) in [6.07, 6.45) is 13.8. The zero-order valence-corrected chi connectivity index (χ0v) is 18.7. The number of aliphatic carboxylic acids is 1. The van der Waals surface area contributed by atoms with E-state index in [1.807, 2.05) is 6.07 Å². The topological polar surface area (TPSA) is 57.5 Å². The number of benzene rings is 1. The van der Waals surface area contributed by atoms with Crippen LogP contribution >= 0.6 is 0 Å². The Labute approximate surface area is 172 Å². The molecule has 0 saturated heterocycles. The molecular weight excluding hydrogens is 403 g/mol. The van der Waals surface area contributed by atoms with Gasteiger partial charge in [-0.25, -0.2) is 0 Å². The van der Waals surface area contributed by atoms with Crippen LogP contribution in [0.25, 0.3) is 0 Å². The number of aliphatic hydroxyl groups is 1. The first-order chi connectivity index (χ1) is 13.1. The van der Waals surface area contributed by atoms with Crippen molar-refractivity contribution >= 4 is 25.4 Å². The molecule has 2 atom stereocenters. The molecule has 27 heavy (non-hydrogen) atoms. The first kappa shape index (κ1) is 24.2. The summed E-state index contributed by atoms with van der Waals surface area (Å²) in [6, 6.07) is 10.4. The van der Waals surface area contributed by atoms with E-state index in [2.05, 4.69) is 31.2 Å². The van der Waals surface area contributed by atoms with Crippen LogP contribution in [0.2, 0.25) is 4.82 Å². The van der Waals surface area contributed by atoms with Crippen LogP contribution in [0.5, 0.6) is 0 Å². The van der Waals surface area contributed by atoms with E-state index in [1.165, 1.54) is 62.2 Å². The summed E-state index contributed by atoms with van der Waals surface area (Å²) in [5, 5.41) is 19.4. The van der Waals surface area contributed by atoms with Crippen molar-refractivity contribution < 1.29 is 15.0 Å². The van der Waals surface area contributed by atoms with Gasteiger partial charge in [-0.1, -0.05) is 0 Å². The Kier molecular flexibility index (Phi) is 14.5. The molecule has 0 spiro atoms. The molecule has 154 valence electrons. The van der Waals surface area contributed by atoms with E-state index in [4.69, 9.17) is 5.11 Å². The van der Waals surface area contributed by atoms with Gasteiger partial charge in [0.2, 0.25) is 0 Å². The van der Waals surface area contributed by atoms with Crippen molar-refractivity contribution in [3.63, 3.8) is 0 Å². The van der Waals surface area contributed by atoms with Gasteiger partial charge in [-0.05, 0) is 0 Å². The van der Waals surface area contributed by atoms with Gasteiger partial charge in [-0.15, -0.1) is 0 Å². The SMILES string of the molecule is CCCCCCCCCCCC([Se]c1ccccc1)C(O)CCCC(=O)O. The molecule has 0 aliphatic carbocycles. The molecule has 0 aliphatic rings. The second-order valence-electron chi connectivity index (χ2n) is 7.44. The van der Waals surface area contributed by atoms with Crippen molar-refractivity contribution in [3.8, 4) is 0 Å². The molecule has 3 nitrogen and oxygen atoms in total. The van der Waals surface area contributed by atoms with E-state index in [0.717, 1.165) is 6.42 Å². The fourth-order valence-corrected chi connectivity index (χ4v) is 5.91. The molecule has 0 aliphatic heterocycles. The van der Waals surface area contributed by atoms with Crippen molar-refractivity contribution in [3.05, 3.63) is 30.3 Å². The van der Waals surface area contributed by atoms with Crippen LogP contribution in [-0.4, -0.2) is 37.2 Å². The number of unbranched alkanes of at least 4 members (excludes halogenated alkanes) is 8. The van der Waals surface area contributed by atoms with Crippen LogP contribution in [0.4, 0.5) is 0 Å². The quantitative estimate of drug-likeness (QED) is 0.253. The summed E-state index contributed by atoms with van der Waals surface area (Å²) < 4.78 is 1.32. The normalized spacial score (nSPS) is 13.4. The van der Waals surface area contributed by atoms with Crippen LogP contribution in [0.15, 0.2) is 30.3 Å². The predicted octanol–water partition coefficient (Wildman–Crippen LogP) is 5.34. The van der Waals surface area contributed by atoms with E-state index in [-0.39, 0.29) is 27.5 Å². The van der Waals surface area contributed by atoms with Crippen molar-refractivity contribution in [2.24, 2.45) is 0 Å². The van der Waals surface area contributed by atoms with E-state index in [9.17, 15) is 9.90 Å². The zero-order chi connectivity index (χ0) is 19.7. The minimum absolute atomic E-state index is 0.153. The predicted molar refractivity (Wildman–Crippen MR) is 115 cm³/mol. The molecule has 1 aromatic carbocycles. The molecule has 0 radical (unpaired) electrons. The molecule has 2 unspecified atom stereocenters. The molecule has 0 heterocycles. The molecule has 0 fully saturated rings. The van der Waals surface area contributed by atoms with Gasteiger partial charge in [0, 0.05) is 0 Å².